The summed E-state index contributed by atoms with van der Waals surface area (Å²) in [5.74, 6) is 1.97. The SMILES string of the molecule is Cc1ccc(C(C)(C)N2CCC3(CCC(C(C)C)CC3)C2=O)cc1. The molecule has 0 bridgehead atoms. The van der Waals surface area contributed by atoms with Crippen molar-refractivity contribution in [2.24, 2.45) is 17.3 Å². The summed E-state index contributed by atoms with van der Waals surface area (Å²) in [6.45, 7) is 12.1. The van der Waals surface area contributed by atoms with Crippen molar-refractivity contribution >= 4 is 5.91 Å². The molecule has 0 N–H and O–H groups in total. The van der Waals surface area contributed by atoms with E-state index in [1.165, 1.54) is 24.0 Å². The van der Waals surface area contributed by atoms with Crippen molar-refractivity contribution in [1.82, 2.24) is 4.90 Å². The number of likely N-dealkylation sites (tertiary alicyclic amines) is 1. The number of hydrogen-bond acceptors (Lipinski definition) is 1. The van der Waals surface area contributed by atoms with E-state index in [9.17, 15) is 4.79 Å². The molecular weight excluding hydrogens is 294 g/mol. The lowest BCUT2D eigenvalue weighted by Gasteiger charge is -2.41. The van der Waals surface area contributed by atoms with E-state index in [4.69, 9.17) is 0 Å². The van der Waals surface area contributed by atoms with E-state index in [0.29, 0.717) is 5.91 Å². The van der Waals surface area contributed by atoms with Crippen LogP contribution in [0.25, 0.3) is 0 Å². The normalized spacial score (nSPS) is 28.2. The molecule has 0 unspecified atom stereocenters. The highest BCUT2D eigenvalue weighted by Gasteiger charge is 2.51. The van der Waals surface area contributed by atoms with Gasteiger partial charge < -0.3 is 4.90 Å². The van der Waals surface area contributed by atoms with E-state index in [0.717, 1.165) is 37.6 Å². The summed E-state index contributed by atoms with van der Waals surface area (Å²) in [6, 6.07) is 8.68. The molecule has 3 rings (SSSR count). The van der Waals surface area contributed by atoms with Crippen LogP contribution in [0.3, 0.4) is 0 Å². The fourth-order valence-electron chi connectivity index (χ4n) is 4.79. The topological polar surface area (TPSA) is 20.3 Å². The van der Waals surface area contributed by atoms with Crippen molar-refractivity contribution < 1.29 is 4.79 Å². The molecule has 0 radical (unpaired) electrons. The van der Waals surface area contributed by atoms with Gasteiger partial charge >= 0.3 is 0 Å². The molecule has 1 aromatic rings. The number of hydrogen-bond donors (Lipinski definition) is 0. The quantitative estimate of drug-likeness (QED) is 0.738. The molecule has 1 saturated heterocycles. The Bertz CT molecular complexity index is 591. The number of rotatable bonds is 3. The molecule has 2 aliphatic rings. The molecule has 1 heterocycles. The van der Waals surface area contributed by atoms with Crippen molar-refractivity contribution in [1.29, 1.82) is 0 Å². The fourth-order valence-corrected chi connectivity index (χ4v) is 4.79. The van der Waals surface area contributed by atoms with E-state index < -0.39 is 0 Å². The van der Waals surface area contributed by atoms with Crippen molar-refractivity contribution in [2.45, 2.75) is 72.3 Å². The second kappa shape index (κ2) is 6.20. The van der Waals surface area contributed by atoms with Gasteiger partial charge in [0.15, 0.2) is 0 Å². The van der Waals surface area contributed by atoms with Gasteiger partial charge in [-0.1, -0.05) is 43.7 Å². The van der Waals surface area contributed by atoms with Gasteiger partial charge in [0.1, 0.15) is 0 Å². The maximum atomic E-state index is 13.4. The first-order chi connectivity index (χ1) is 11.3. The van der Waals surface area contributed by atoms with Crippen molar-refractivity contribution in [2.75, 3.05) is 6.54 Å². The standard InChI is InChI=1S/C22H33NO/c1-16(2)18-10-12-22(13-11-18)14-15-23(20(22)24)21(4,5)19-8-6-17(3)7-9-19/h6-9,16,18H,10-15H2,1-5H3. The number of carbonyl (C=O) groups excluding carboxylic acids is 1. The van der Waals surface area contributed by atoms with Gasteiger partial charge in [-0.05, 0) is 70.3 Å². The minimum atomic E-state index is -0.219. The lowest BCUT2D eigenvalue weighted by atomic mass is 9.67. The largest absolute Gasteiger partial charge is 0.333 e. The number of aryl methyl sites for hydroxylation is 1. The Kier molecular flexibility index (Phi) is 4.53. The monoisotopic (exact) mass is 327 g/mol. The van der Waals surface area contributed by atoms with E-state index in [1.54, 1.807) is 0 Å². The second-order valence-corrected chi connectivity index (χ2v) is 8.99. The van der Waals surface area contributed by atoms with Crippen LogP contribution in [-0.2, 0) is 10.3 Å². The van der Waals surface area contributed by atoms with Gasteiger partial charge in [0.25, 0.3) is 0 Å². The molecule has 2 nitrogen and oxygen atoms in total. The maximum Gasteiger partial charge on any atom is 0.229 e. The van der Waals surface area contributed by atoms with Crippen LogP contribution in [-0.4, -0.2) is 17.4 Å². The summed E-state index contributed by atoms with van der Waals surface area (Å²) in [5, 5.41) is 0. The van der Waals surface area contributed by atoms with Crippen LogP contribution in [0.4, 0.5) is 0 Å². The van der Waals surface area contributed by atoms with Crippen LogP contribution in [0.2, 0.25) is 0 Å². The molecular formula is C22H33NO. The molecule has 0 aromatic heterocycles. The first-order valence-electron chi connectivity index (χ1n) is 9.65. The van der Waals surface area contributed by atoms with E-state index in [1.807, 2.05) is 0 Å². The first kappa shape index (κ1) is 17.5. The number of carbonyl (C=O) groups is 1. The third-order valence-electron chi connectivity index (χ3n) is 6.88. The summed E-state index contributed by atoms with van der Waals surface area (Å²) in [5.41, 5.74) is 2.23. The Morgan fingerprint density at radius 2 is 1.67 bits per heavy atom. The van der Waals surface area contributed by atoms with Crippen LogP contribution in [0.1, 0.15) is 70.9 Å². The molecule has 1 aliphatic heterocycles. The van der Waals surface area contributed by atoms with Crippen LogP contribution >= 0.6 is 0 Å². The predicted octanol–water partition coefficient (Wildman–Crippen LogP) is 5.30. The van der Waals surface area contributed by atoms with Crippen LogP contribution in [0, 0.1) is 24.2 Å². The molecule has 1 amide bonds. The molecule has 0 atom stereocenters. The third kappa shape index (κ3) is 2.89. The Labute approximate surface area is 147 Å². The van der Waals surface area contributed by atoms with Crippen LogP contribution in [0.15, 0.2) is 24.3 Å². The smallest absolute Gasteiger partial charge is 0.229 e. The molecule has 1 saturated carbocycles. The highest BCUT2D eigenvalue weighted by Crippen LogP contribution is 2.50. The minimum Gasteiger partial charge on any atom is -0.333 e. The summed E-state index contributed by atoms with van der Waals surface area (Å²) in [7, 11) is 0. The summed E-state index contributed by atoms with van der Waals surface area (Å²) >= 11 is 0. The number of nitrogens with zero attached hydrogens (tertiary/aromatic N) is 1. The zero-order chi connectivity index (χ0) is 17.5. The molecule has 24 heavy (non-hydrogen) atoms. The summed E-state index contributed by atoms with van der Waals surface area (Å²) in [6.07, 6.45) is 5.68. The minimum absolute atomic E-state index is 0.0621. The summed E-state index contributed by atoms with van der Waals surface area (Å²) < 4.78 is 0. The van der Waals surface area contributed by atoms with Gasteiger partial charge in [-0.2, -0.15) is 0 Å². The molecule has 1 aromatic carbocycles. The highest BCUT2D eigenvalue weighted by molar-refractivity contribution is 5.85. The highest BCUT2D eigenvalue weighted by atomic mass is 16.2. The average Bonchev–Trinajstić information content (AvgIpc) is 2.86. The Morgan fingerprint density at radius 1 is 1.08 bits per heavy atom. The zero-order valence-electron chi connectivity index (χ0n) is 16.1. The molecule has 2 heteroatoms. The second-order valence-electron chi connectivity index (χ2n) is 8.99. The zero-order valence-corrected chi connectivity index (χ0v) is 16.1. The molecule has 1 spiro atoms. The first-order valence-corrected chi connectivity index (χ1v) is 9.65. The maximum absolute atomic E-state index is 13.4. The molecule has 2 fully saturated rings. The lowest BCUT2D eigenvalue weighted by Crippen LogP contribution is -2.46. The van der Waals surface area contributed by atoms with Gasteiger partial charge in [-0.25, -0.2) is 0 Å². The van der Waals surface area contributed by atoms with Crippen LogP contribution in [0.5, 0.6) is 0 Å². The number of benzene rings is 1. The fraction of sp³-hybridized carbons (Fsp3) is 0.682. The Balaban J connectivity index is 1.77. The van der Waals surface area contributed by atoms with Crippen molar-refractivity contribution in [3.05, 3.63) is 35.4 Å². The van der Waals surface area contributed by atoms with Gasteiger partial charge in [0.2, 0.25) is 5.91 Å². The van der Waals surface area contributed by atoms with E-state index in [-0.39, 0.29) is 11.0 Å². The molecule has 132 valence electrons. The van der Waals surface area contributed by atoms with Crippen molar-refractivity contribution in [3.63, 3.8) is 0 Å². The predicted molar refractivity (Wildman–Crippen MR) is 99.8 cm³/mol. The van der Waals surface area contributed by atoms with Gasteiger partial charge in [0.05, 0.1) is 11.0 Å². The Hall–Kier alpha value is -1.31. The Morgan fingerprint density at radius 3 is 2.21 bits per heavy atom. The van der Waals surface area contributed by atoms with E-state index >= 15 is 0 Å². The van der Waals surface area contributed by atoms with E-state index in [2.05, 4.69) is 63.8 Å². The van der Waals surface area contributed by atoms with Gasteiger partial charge in [-0.15, -0.1) is 0 Å². The van der Waals surface area contributed by atoms with Gasteiger partial charge in [0, 0.05) is 6.54 Å². The average molecular weight is 328 g/mol. The third-order valence-corrected chi connectivity index (χ3v) is 6.88. The lowest BCUT2D eigenvalue weighted by molar-refractivity contribution is -0.142. The van der Waals surface area contributed by atoms with Crippen LogP contribution < -0.4 is 0 Å². The molecule has 1 aliphatic carbocycles. The summed E-state index contributed by atoms with van der Waals surface area (Å²) in [4.78, 5) is 15.5. The van der Waals surface area contributed by atoms with Crippen molar-refractivity contribution in [3.8, 4) is 0 Å². The van der Waals surface area contributed by atoms with Gasteiger partial charge in [-0.3, -0.25) is 4.79 Å². The number of amides is 1.